The maximum atomic E-state index is 5.72. The second kappa shape index (κ2) is 7.05. The van der Waals surface area contributed by atoms with E-state index in [4.69, 9.17) is 9.47 Å². The van der Waals surface area contributed by atoms with Gasteiger partial charge in [0.25, 0.3) is 0 Å². The number of morpholine rings is 1. The standard InChI is InChI=1S/C20H25NO2/c1-15(2)23-19-8-6-17(7-9-19)18-5-4-16(3)20(14-18)21-10-12-22-13-11-21/h4-9,14-15H,10-13H2,1-3H3. The van der Waals surface area contributed by atoms with Crippen LogP contribution in [0.1, 0.15) is 19.4 Å². The lowest BCUT2D eigenvalue weighted by Crippen LogP contribution is -2.36. The zero-order chi connectivity index (χ0) is 16.2. The summed E-state index contributed by atoms with van der Waals surface area (Å²) >= 11 is 0. The molecule has 0 atom stereocenters. The Morgan fingerprint density at radius 1 is 0.957 bits per heavy atom. The highest BCUT2D eigenvalue weighted by Crippen LogP contribution is 2.29. The van der Waals surface area contributed by atoms with Crippen molar-refractivity contribution < 1.29 is 9.47 Å². The Bertz CT molecular complexity index is 643. The molecule has 2 aromatic carbocycles. The van der Waals surface area contributed by atoms with Crippen LogP contribution < -0.4 is 9.64 Å². The first kappa shape index (κ1) is 15.9. The first-order valence-corrected chi connectivity index (χ1v) is 8.34. The van der Waals surface area contributed by atoms with Crippen LogP contribution in [0.15, 0.2) is 42.5 Å². The van der Waals surface area contributed by atoms with E-state index in [1.165, 1.54) is 22.4 Å². The fraction of sp³-hybridized carbons (Fsp3) is 0.400. The van der Waals surface area contributed by atoms with Crippen LogP contribution >= 0.6 is 0 Å². The third kappa shape index (κ3) is 3.85. The van der Waals surface area contributed by atoms with Crippen molar-refractivity contribution in [2.24, 2.45) is 0 Å². The average Bonchev–Trinajstić information content (AvgIpc) is 2.56. The molecule has 1 heterocycles. The molecule has 3 heteroatoms. The van der Waals surface area contributed by atoms with Crippen LogP contribution in [0.2, 0.25) is 0 Å². The van der Waals surface area contributed by atoms with Gasteiger partial charge >= 0.3 is 0 Å². The first-order valence-electron chi connectivity index (χ1n) is 8.34. The van der Waals surface area contributed by atoms with Crippen LogP contribution in [0.4, 0.5) is 5.69 Å². The van der Waals surface area contributed by atoms with Gasteiger partial charge in [0.1, 0.15) is 5.75 Å². The third-order valence-electron chi connectivity index (χ3n) is 4.12. The lowest BCUT2D eigenvalue weighted by Gasteiger charge is -2.30. The number of rotatable bonds is 4. The van der Waals surface area contributed by atoms with Crippen molar-refractivity contribution in [1.82, 2.24) is 0 Å². The van der Waals surface area contributed by atoms with E-state index in [1.807, 2.05) is 26.0 Å². The van der Waals surface area contributed by atoms with E-state index in [9.17, 15) is 0 Å². The van der Waals surface area contributed by atoms with Gasteiger partial charge in [0.05, 0.1) is 19.3 Å². The van der Waals surface area contributed by atoms with Crippen molar-refractivity contribution >= 4 is 5.69 Å². The predicted octanol–water partition coefficient (Wildman–Crippen LogP) is 4.29. The van der Waals surface area contributed by atoms with Crippen LogP contribution in [0.5, 0.6) is 5.75 Å². The molecule has 122 valence electrons. The number of anilines is 1. The van der Waals surface area contributed by atoms with E-state index in [0.29, 0.717) is 0 Å². The van der Waals surface area contributed by atoms with E-state index in [1.54, 1.807) is 0 Å². The van der Waals surface area contributed by atoms with Gasteiger partial charge in [-0.15, -0.1) is 0 Å². The summed E-state index contributed by atoms with van der Waals surface area (Å²) in [5, 5.41) is 0. The van der Waals surface area contributed by atoms with E-state index in [-0.39, 0.29) is 6.10 Å². The minimum atomic E-state index is 0.202. The Labute approximate surface area is 138 Å². The Balaban J connectivity index is 1.85. The number of ether oxygens (including phenoxy) is 2. The topological polar surface area (TPSA) is 21.7 Å². The summed E-state index contributed by atoms with van der Waals surface area (Å²) in [7, 11) is 0. The van der Waals surface area contributed by atoms with Crippen molar-refractivity contribution in [2.75, 3.05) is 31.2 Å². The molecular formula is C20H25NO2. The molecule has 1 aliphatic heterocycles. The monoisotopic (exact) mass is 311 g/mol. The number of benzene rings is 2. The highest BCUT2D eigenvalue weighted by atomic mass is 16.5. The van der Waals surface area contributed by atoms with Gasteiger partial charge in [-0.2, -0.15) is 0 Å². The first-order chi connectivity index (χ1) is 11.1. The molecule has 0 N–H and O–H groups in total. The van der Waals surface area contributed by atoms with Crippen molar-refractivity contribution in [1.29, 1.82) is 0 Å². The second-order valence-corrected chi connectivity index (χ2v) is 6.29. The normalized spacial score (nSPS) is 15.0. The number of hydrogen-bond acceptors (Lipinski definition) is 3. The largest absolute Gasteiger partial charge is 0.491 e. The molecule has 0 saturated carbocycles. The SMILES string of the molecule is Cc1ccc(-c2ccc(OC(C)C)cc2)cc1N1CCOCC1. The molecule has 2 aromatic rings. The molecule has 0 unspecified atom stereocenters. The maximum Gasteiger partial charge on any atom is 0.119 e. The summed E-state index contributed by atoms with van der Waals surface area (Å²) < 4.78 is 11.2. The predicted molar refractivity (Wildman–Crippen MR) is 95.4 cm³/mol. The molecule has 23 heavy (non-hydrogen) atoms. The zero-order valence-electron chi connectivity index (χ0n) is 14.2. The van der Waals surface area contributed by atoms with E-state index >= 15 is 0 Å². The summed E-state index contributed by atoms with van der Waals surface area (Å²) in [6.45, 7) is 9.81. The molecule has 0 spiro atoms. The van der Waals surface area contributed by atoms with Crippen molar-refractivity contribution in [3.05, 3.63) is 48.0 Å². The van der Waals surface area contributed by atoms with Gasteiger partial charge in [-0.25, -0.2) is 0 Å². The van der Waals surface area contributed by atoms with Crippen LogP contribution in [0, 0.1) is 6.92 Å². The molecule has 0 aliphatic carbocycles. The Morgan fingerprint density at radius 2 is 1.61 bits per heavy atom. The van der Waals surface area contributed by atoms with Gasteiger partial charge in [0, 0.05) is 18.8 Å². The summed E-state index contributed by atoms with van der Waals surface area (Å²) in [6.07, 6.45) is 0.202. The summed E-state index contributed by atoms with van der Waals surface area (Å²) in [5.74, 6) is 0.921. The molecule has 0 radical (unpaired) electrons. The van der Waals surface area contributed by atoms with Crippen LogP contribution in [-0.4, -0.2) is 32.4 Å². The highest BCUT2D eigenvalue weighted by molar-refractivity contribution is 5.71. The van der Waals surface area contributed by atoms with E-state index in [0.717, 1.165) is 32.1 Å². The maximum absolute atomic E-state index is 5.72. The van der Waals surface area contributed by atoms with Crippen molar-refractivity contribution in [3.63, 3.8) is 0 Å². The molecule has 0 aromatic heterocycles. The molecule has 1 fully saturated rings. The third-order valence-corrected chi connectivity index (χ3v) is 4.12. The number of nitrogens with zero attached hydrogens (tertiary/aromatic N) is 1. The van der Waals surface area contributed by atoms with E-state index < -0.39 is 0 Å². The lowest BCUT2D eigenvalue weighted by molar-refractivity contribution is 0.122. The lowest BCUT2D eigenvalue weighted by atomic mass is 10.0. The minimum Gasteiger partial charge on any atom is -0.491 e. The Morgan fingerprint density at radius 3 is 2.26 bits per heavy atom. The molecule has 1 saturated heterocycles. The van der Waals surface area contributed by atoms with Crippen LogP contribution in [0.25, 0.3) is 11.1 Å². The molecule has 0 amide bonds. The van der Waals surface area contributed by atoms with Crippen molar-refractivity contribution in [3.8, 4) is 16.9 Å². The van der Waals surface area contributed by atoms with Gasteiger partial charge in [-0.3, -0.25) is 0 Å². The number of aryl methyl sites for hydroxylation is 1. The van der Waals surface area contributed by atoms with Gasteiger partial charge in [0.15, 0.2) is 0 Å². The quantitative estimate of drug-likeness (QED) is 0.841. The minimum absolute atomic E-state index is 0.202. The smallest absolute Gasteiger partial charge is 0.119 e. The summed E-state index contributed by atoms with van der Waals surface area (Å²) in [5.41, 5.74) is 5.09. The van der Waals surface area contributed by atoms with Crippen LogP contribution in [-0.2, 0) is 4.74 Å². The molecule has 1 aliphatic rings. The Hall–Kier alpha value is -2.00. The fourth-order valence-corrected chi connectivity index (χ4v) is 2.93. The fourth-order valence-electron chi connectivity index (χ4n) is 2.93. The second-order valence-electron chi connectivity index (χ2n) is 6.29. The summed E-state index contributed by atoms with van der Waals surface area (Å²) in [4.78, 5) is 2.42. The molecule has 3 rings (SSSR count). The molecule has 3 nitrogen and oxygen atoms in total. The summed E-state index contributed by atoms with van der Waals surface area (Å²) in [6, 6.07) is 15.0. The highest BCUT2D eigenvalue weighted by Gasteiger charge is 2.14. The Kier molecular flexibility index (Phi) is 4.87. The van der Waals surface area contributed by atoms with Gasteiger partial charge < -0.3 is 14.4 Å². The zero-order valence-corrected chi connectivity index (χ0v) is 14.2. The van der Waals surface area contributed by atoms with Gasteiger partial charge in [-0.05, 0) is 55.7 Å². The van der Waals surface area contributed by atoms with Crippen molar-refractivity contribution in [2.45, 2.75) is 26.9 Å². The molecule has 0 bridgehead atoms. The van der Waals surface area contributed by atoms with Crippen LogP contribution in [0.3, 0.4) is 0 Å². The van der Waals surface area contributed by atoms with Gasteiger partial charge in [0.2, 0.25) is 0 Å². The van der Waals surface area contributed by atoms with Gasteiger partial charge in [-0.1, -0.05) is 24.3 Å². The average molecular weight is 311 g/mol. The molecular weight excluding hydrogens is 286 g/mol. The van der Waals surface area contributed by atoms with E-state index in [2.05, 4.69) is 42.2 Å². The number of hydrogen-bond donors (Lipinski definition) is 0.